The molecule has 0 saturated heterocycles. The van der Waals surface area contributed by atoms with Gasteiger partial charge in [-0.3, -0.25) is 0 Å². The largest absolute Gasteiger partial charge is 0.392 e. The average molecular weight is 424 g/mol. The fraction of sp³-hybridized carbons (Fsp3) is 0.500. The highest BCUT2D eigenvalue weighted by Crippen LogP contribution is 2.40. The van der Waals surface area contributed by atoms with Crippen LogP contribution in [0.2, 0.25) is 0 Å². The van der Waals surface area contributed by atoms with E-state index < -0.39 is 6.10 Å². The summed E-state index contributed by atoms with van der Waals surface area (Å²) in [4.78, 5) is 0. The van der Waals surface area contributed by atoms with E-state index in [0.717, 1.165) is 36.8 Å². The Bertz CT molecular complexity index is 881. The van der Waals surface area contributed by atoms with Gasteiger partial charge in [0.25, 0.3) is 0 Å². The lowest BCUT2D eigenvalue weighted by Gasteiger charge is -2.41. The maximum atomic E-state index is 13.6. The third-order valence-electron chi connectivity index (χ3n) is 6.64. The molecule has 168 valence electrons. The summed E-state index contributed by atoms with van der Waals surface area (Å²) in [5.74, 6) is -0.206. The summed E-state index contributed by atoms with van der Waals surface area (Å²) >= 11 is 0. The second-order valence-corrected chi connectivity index (χ2v) is 10.4. The maximum absolute atomic E-state index is 13.6. The van der Waals surface area contributed by atoms with Crippen LogP contribution >= 0.6 is 0 Å². The highest BCUT2D eigenvalue weighted by atomic mass is 19.1. The first-order valence-electron chi connectivity index (χ1n) is 11.5. The Labute approximate surface area is 187 Å². The molecule has 0 amide bonds. The van der Waals surface area contributed by atoms with Crippen LogP contribution in [0.3, 0.4) is 0 Å². The standard InChI is InChI=1S/C28H38FNO/c1-20-11-13-28(14-12-20,24-8-6-7-23(18-24)27(3,4)5)30-19-26(31)10-9-22-15-21(2)16-25(29)17-22/h6-8,15-18,26,30-31H,1,9-14,19H2,2-5H3/t26-/m0/s1. The van der Waals surface area contributed by atoms with Crippen molar-refractivity contribution in [3.05, 3.63) is 82.7 Å². The van der Waals surface area contributed by atoms with Gasteiger partial charge in [-0.05, 0) is 85.3 Å². The first-order chi connectivity index (χ1) is 14.6. The molecule has 2 nitrogen and oxygen atoms in total. The summed E-state index contributed by atoms with van der Waals surface area (Å²) in [7, 11) is 0. The second-order valence-electron chi connectivity index (χ2n) is 10.4. The molecule has 31 heavy (non-hydrogen) atoms. The van der Waals surface area contributed by atoms with Crippen molar-refractivity contribution >= 4 is 0 Å². The molecule has 1 aliphatic rings. The number of aryl methyl sites for hydroxylation is 2. The molecular weight excluding hydrogens is 385 g/mol. The van der Waals surface area contributed by atoms with Crippen molar-refractivity contribution < 1.29 is 9.50 Å². The molecule has 0 heterocycles. The number of benzene rings is 2. The normalized spacial score (nSPS) is 17.5. The van der Waals surface area contributed by atoms with E-state index in [1.807, 2.05) is 13.0 Å². The van der Waals surface area contributed by atoms with Crippen LogP contribution in [0.15, 0.2) is 54.6 Å². The Balaban J connectivity index is 1.70. The molecule has 2 N–H and O–H groups in total. The monoisotopic (exact) mass is 423 g/mol. The van der Waals surface area contributed by atoms with E-state index >= 15 is 0 Å². The summed E-state index contributed by atoms with van der Waals surface area (Å²) in [6, 6.07) is 14.0. The van der Waals surface area contributed by atoms with Crippen LogP contribution in [0.4, 0.5) is 4.39 Å². The van der Waals surface area contributed by atoms with Gasteiger partial charge in [-0.25, -0.2) is 4.39 Å². The van der Waals surface area contributed by atoms with E-state index in [4.69, 9.17) is 0 Å². The number of hydrogen-bond acceptors (Lipinski definition) is 2. The van der Waals surface area contributed by atoms with Crippen LogP contribution in [0.5, 0.6) is 0 Å². The second kappa shape index (κ2) is 9.67. The molecule has 0 aliphatic heterocycles. The molecule has 1 fully saturated rings. The predicted molar refractivity (Wildman–Crippen MR) is 128 cm³/mol. The highest BCUT2D eigenvalue weighted by Gasteiger charge is 2.35. The molecule has 1 aliphatic carbocycles. The van der Waals surface area contributed by atoms with Crippen molar-refractivity contribution in [1.82, 2.24) is 5.32 Å². The van der Waals surface area contributed by atoms with Crippen LogP contribution in [-0.4, -0.2) is 17.8 Å². The fourth-order valence-corrected chi connectivity index (χ4v) is 4.59. The third kappa shape index (κ3) is 6.27. The van der Waals surface area contributed by atoms with Crippen molar-refractivity contribution in [3.8, 4) is 0 Å². The third-order valence-corrected chi connectivity index (χ3v) is 6.64. The van der Waals surface area contributed by atoms with Gasteiger partial charge in [0.2, 0.25) is 0 Å². The Morgan fingerprint density at radius 2 is 1.84 bits per heavy atom. The topological polar surface area (TPSA) is 32.3 Å². The number of hydrogen-bond donors (Lipinski definition) is 2. The maximum Gasteiger partial charge on any atom is 0.123 e. The van der Waals surface area contributed by atoms with Crippen molar-refractivity contribution in [1.29, 1.82) is 0 Å². The van der Waals surface area contributed by atoms with Gasteiger partial charge in [0.15, 0.2) is 0 Å². The van der Waals surface area contributed by atoms with Gasteiger partial charge in [-0.1, -0.05) is 63.3 Å². The fourth-order valence-electron chi connectivity index (χ4n) is 4.59. The number of halogens is 1. The molecule has 0 unspecified atom stereocenters. The Morgan fingerprint density at radius 1 is 1.13 bits per heavy atom. The zero-order chi connectivity index (χ0) is 22.6. The van der Waals surface area contributed by atoms with E-state index in [2.05, 4.69) is 56.9 Å². The highest BCUT2D eigenvalue weighted by molar-refractivity contribution is 5.34. The van der Waals surface area contributed by atoms with Gasteiger partial charge in [-0.15, -0.1) is 0 Å². The SMILES string of the molecule is C=C1CCC(NC[C@@H](O)CCc2cc(C)cc(F)c2)(c2cccc(C(C)(C)C)c2)CC1. The lowest BCUT2D eigenvalue weighted by Crippen LogP contribution is -2.47. The van der Waals surface area contributed by atoms with Gasteiger partial charge >= 0.3 is 0 Å². The quantitative estimate of drug-likeness (QED) is 0.509. The molecule has 0 spiro atoms. The Morgan fingerprint density at radius 3 is 2.48 bits per heavy atom. The van der Waals surface area contributed by atoms with Crippen LogP contribution < -0.4 is 5.32 Å². The van der Waals surface area contributed by atoms with E-state index in [9.17, 15) is 9.50 Å². The minimum Gasteiger partial charge on any atom is -0.392 e. The van der Waals surface area contributed by atoms with Crippen molar-refractivity contribution in [2.24, 2.45) is 0 Å². The predicted octanol–water partition coefficient (Wildman–Crippen LogP) is 6.34. The van der Waals surface area contributed by atoms with Gasteiger partial charge in [-0.2, -0.15) is 0 Å². The zero-order valence-corrected chi connectivity index (χ0v) is 19.6. The van der Waals surface area contributed by atoms with E-state index in [1.54, 1.807) is 6.07 Å². The van der Waals surface area contributed by atoms with Crippen LogP contribution in [-0.2, 0) is 17.4 Å². The van der Waals surface area contributed by atoms with Gasteiger partial charge in [0, 0.05) is 12.1 Å². The molecule has 3 heteroatoms. The molecule has 0 radical (unpaired) electrons. The minimum absolute atomic E-state index is 0.0953. The summed E-state index contributed by atoms with van der Waals surface area (Å²) in [6.07, 6.45) is 4.81. The van der Waals surface area contributed by atoms with Crippen molar-refractivity contribution in [2.75, 3.05) is 6.54 Å². The summed E-state index contributed by atoms with van der Waals surface area (Å²) in [5.41, 5.74) is 5.77. The van der Waals surface area contributed by atoms with Gasteiger partial charge in [0.05, 0.1) is 6.10 Å². The van der Waals surface area contributed by atoms with Gasteiger partial charge in [0.1, 0.15) is 5.82 Å². The molecule has 0 bridgehead atoms. The Kier molecular flexibility index (Phi) is 7.39. The number of nitrogens with one attached hydrogen (secondary N) is 1. The summed E-state index contributed by atoms with van der Waals surface area (Å²) in [5, 5.41) is 14.4. The van der Waals surface area contributed by atoms with Crippen LogP contribution in [0, 0.1) is 12.7 Å². The summed E-state index contributed by atoms with van der Waals surface area (Å²) < 4.78 is 13.6. The number of aliphatic hydroxyl groups excluding tert-OH is 1. The first kappa shape index (κ1) is 23.7. The summed E-state index contributed by atoms with van der Waals surface area (Å²) in [6.45, 7) is 13.4. The van der Waals surface area contributed by atoms with E-state index in [0.29, 0.717) is 19.4 Å². The molecular formula is C28H38FNO. The van der Waals surface area contributed by atoms with Gasteiger partial charge < -0.3 is 10.4 Å². The average Bonchev–Trinajstić information content (AvgIpc) is 2.71. The molecule has 1 saturated carbocycles. The Hall–Kier alpha value is -1.97. The molecule has 3 rings (SSSR count). The molecule has 0 aromatic heterocycles. The number of aliphatic hydroxyl groups is 1. The molecule has 2 aromatic carbocycles. The van der Waals surface area contributed by atoms with Crippen molar-refractivity contribution in [3.63, 3.8) is 0 Å². The van der Waals surface area contributed by atoms with Crippen LogP contribution in [0.25, 0.3) is 0 Å². The number of allylic oxidation sites excluding steroid dienone is 1. The minimum atomic E-state index is -0.476. The lowest BCUT2D eigenvalue weighted by atomic mass is 9.73. The van der Waals surface area contributed by atoms with Crippen LogP contribution in [0.1, 0.15) is 75.1 Å². The smallest absolute Gasteiger partial charge is 0.123 e. The first-order valence-corrected chi connectivity index (χ1v) is 11.5. The number of rotatable bonds is 7. The van der Waals surface area contributed by atoms with Crippen molar-refractivity contribution in [2.45, 2.75) is 83.3 Å². The zero-order valence-electron chi connectivity index (χ0n) is 19.6. The van der Waals surface area contributed by atoms with E-state index in [-0.39, 0.29) is 16.8 Å². The molecule has 2 aromatic rings. The van der Waals surface area contributed by atoms with E-state index in [1.165, 1.54) is 22.8 Å². The molecule has 1 atom stereocenters. The lowest BCUT2D eigenvalue weighted by molar-refractivity contribution is 0.136.